The number of rotatable bonds is 6. The summed E-state index contributed by atoms with van der Waals surface area (Å²) in [7, 11) is 1.65. The van der Waals surface area contributed by atoms with Gasteiger partial charge in [-0.2, -0.15) is 0 Å². The first kappa shape index (κ1) is 17.1. The Kier molecular flexibility index (Phi) is 5.96. The molecule has 0 saturated carbocycles. The van der Waals surface area contributed by atoms with E-state index in [0.717, 1.165) is 63.5 Å². The number of para-hydroxylation sites is 2. The number of likely N-dealkylation sites (tertiary alicyclic amines) is 1. The number of carbonyl (C=O) groups excluding carboxylic acids is 1. The fourth-order valence-electron chi connectivity index (χ4n) is 3.54. The van der Waals surface area contributed by atoms with Crippen LogP contribution < -0.4 is 9.47 Å². The van der Waals surface area contributed by atoms with Crippen molar-refractivity contribution in [3.63, 3.8) is 0 Å². The van der Waals surface area contributed by atoms with Gasteiger partial charge in [0.1, 0.15) is 0 Å². The first-order chi connectivity index (χ1) is 11.8. The number of carbonyl (C=O) groups is 1. The summed E-state index contributed by atoms with van der Waals surface area (Å²) in [6.07, 6.45) is 3.79. The average molecular weight is 333 g/mol. The van der Waals surface area contributed by atoms with Gasteiger partial charge in [-0.05, 0) is 43.7 Å². The number of amides is 1. The van der Waals surface area contributed by atoms with Gasteiger partial charge in [-0.3, -0.25) is 4.79 Å². The second-order valence-electron chi connectivity index (χ2n) is 6.61. The molecule has 1 amide bonds. The molecule has 0 aromatic heterocycles. The van der Waals surface area contributed by atoms with Crippen molar-refractivity contribution in [3.8, 4) is 11.5 Å². The van der Waals surface area contributed by atoms with E-state index in [0.29, 0.717) is 18.4 Å². The molecule has 0 bridgehead atoms. The van der Waals surface area contributed by atoms with E-state index in [1.165, 1.54) is 0 Å². The van der Waals surface area contributed by atoms with E-state index in [1.54, 1.807) is 7.11 Å². The molecule has 0 N–H and O–H groups in total. The molecule has 2 aliphatic rings. The van der Waals surface area contributed by atoms with Crippen LogP contribution in [-0.4, -0.2) is 50.8 Å². The minimum absolute atomic E-state index is 0.169. The van der Waals surface area contributed by atoms with Crippen molar-refractivity contribution in [1.29, 1.82) is 0 Å². The fourth-order valence-corrected chi connectivity index (χ4v) is 3.54. The van der Waals surface area contributed by atoms with Crippen molar-refractivity contribution in [2.24, 2.45) is 11.8 Å². The molecule has 1 aromatic carbocycles. The highest BCUT2D eigenvalue weighted by atomic mass is 16.5. The van der Waals surface area contributed by atoms with Gasteiger partial charge in [0, 0.05) is 32.2 Å². The summed E-state index contributed by atoms with van der Waals surface area (Å²) in [5.41, 5.74) is 0. The molecule has 2 heterocycles. The Hall–Kier alpha value is -1.75. The van der Waals surface area contributed by atoms with Gasteiger partial charge >= 0.3 is 0 Å². The molecule has 1 aromatic rings. The molecule has 0 spiro atoms. The molecule has 1 atom stereocenters. The fraction of sp³-hybridized carbons (Fsp3) is 0.632. The van der Waals surface area contributed by atoms with Gasteiger partial charge in [0.2, 0.25) is 5.91 Å². The summed E-state index contributed by atoms with van der Waals surface area (Å²) < 4.78 is 16.5. The third-order valence-corrected chi connectivity index (χ3v) is 5.02. The lowest BCUT2D eigenvalue weighted by atomic mass is 9.99. The Morgan fingerprint density at radius 2 is 1.96 bits per heavy atom. The number of hydrogen-bond acceptors (Lipinski definition) is 4. The van der Waals surface area contributed by atoms with E-state index < -0.39 is 0 Å². The second-order valence-corrected chi connectivity index (χ2v) is 6.61. The van der Waals surface area contributed by atoms with Crippen LogP contribution in [0.1, 0.15) is 25.7 Å². The first-order valence-electron chi connectivity index (χ1n) is 8.90. The van der Waals surface area contributed by atoms with Crippen LogP contribution in [-0.2, 0) is 9.53 Å². The molecule has 2 saturated heterocycles. The molecule has 0 aliphatic carbocycles. The highest BCUT2D eigenvalue weighted by Crippen LogP contribution is 2.28. The van der Waals surface area contributed by atoms with Crippen molar-refractivity contribution in [1.82, 2.24) is 4.90 Å². The predicted molar refractivity (Wildman–Crippen MR) is 91.3 cm³/mol. The van der Waals surface area contributed by atoms with Gasteiger partial charge in [-0.25, -0.2) is 0 Å². The van der Waals surface area contributed by atoms with E-state index in [1.807, 2.05) is 29.2 Å². The highest BCUT2D eigenvalue weighted by molar-refractivity contribution is 5.79. The minimum Gasteiger partial charge on any atom is -0.493 e. The second kappa shape index (κ2) is 8.38. The molecule has 5 heteroatoms. The Morgan fingerprint density at radius 1 is 1.21 bits per heavy atom. The van der Waals surface area contributed by atoms with Crippen LogP contribution in [0.3, 0.4) is 0 Å². The maximum atomic E-state index is 12.5. The van der Waals surface area contributed by atoms with Gasteiger partial charge in [0.15, 0.2) is 11.5 Å². The topological polar surface area (TPSA) is 48.0 Å². The summed E-state index contributed by atoms with van der Waals surface area (Å²) in [5.74, 6) is 2.57. The van der Waals surface area contributed by atoms with Crippen molar-refractivity contribution in [2.45, 2.75) is 25.7 Å². The number of benzene rings is 1. The molecule has 1 unspecified atom stereocenters. The van der Waals surface area contributed by atoms with Crippen LogP contribution in [0.15, 0.2) is 24.3 Å². The third-order valence-electron chi connectivity index (χ3n) is 5.02. The van der Waals surface area contributed by atoms with E-state index in [-0.39, 0.29) is 5.92 Å². The van der Waals surface area contributed by atoms with Crippen molar-refractivity contribution < 1.29 is 19.0 Å². The largest absolute Gasteiger partial charge is 0.493 e. The lowest BCUT2D eigenvalue weighted by molar-refractivity contribution is -0.137. The van der Waals surface area contributed by atoms with E-state index in [2.05, 4.69) is 0 Å². The smallest absolute Gasteiger partial charge is 0.225 e. The van der Waals surface area contributed by atoms with Gasteiger partial charge in [-0.15, -0.1) is 0 Å². The van der Waals surface area contributed by atoms with Crippen LogP contribution in [0, 0.1) is 11.8 Å². The molecule has 3 rings (SSSR count). The monoisotopic (exact) mass is 333 g/mol. The molecule has 5 nitrogen and oxygen atoms in total. The maximum Gasteiger partial charge on any atom is 0.225 e. The normalized spacial score (nSPS) is 21.7. The van der Waals surface area contributed by atoms with Crippen molar-refractivity contribution in [3.05, 3.63) is 24.3 Å². The number of ether oxygens (including phenoxy) is 3. The molecular formula is C19H27NO4. The average Bonchev–Trinajstić information content (AvgIpc) is 3.11. The summed E-state index contributed by atoms with van der Waals surface area (Å²) in [4.78, 5) is 14.6. The van der Waals surface area contributed by atoms with Crippen LogP contribution >= 0.6 is 0 Å². The van der Waals surface area contributed by atoms with Gasteiger partial charge < -0.3 is 19.1 Å². The Morgan fingerprint density at radius 3 is 2.71 bits per heavy atom. The summed E-state index contributed by atoms with van der Waals surface area (Å²) in [5, 5.41) is 0. The highest BCUT2D eigenvalue weighted by Gasteiger charge is 2.31. The van der Waals surface area contributed by atoms with Crippen LogP contribution in [0.4, 0.5) is 0 Å². The quantitative estimate of drug-likeness (QED) is 0.803. The zero-order valence-electron chi connectivity index (χ0n) is 14.4. The molecule has 2 fully saturated rings. The number of hydrogen-bond donors (Lipinski definition) is 0. The van der Waals surface area contributed by atoms with E-state index in [9.17, 15) is 4.79 Å². The molecule has 0 radical (unpaired) electrons. The van der Waals surface area contributed by atoms with Crippen LogP contribution in [0.5, 0.6) is 11.5 Å². The third kappa shape index (κ3) is 4.20. The number of nitrogens with zero attached hydrogens (tertiary/aromatic N) is 1. The van der Waals surface area contributed by atoms with Crippen LogP contribution in [0.25, 0.3) is 0 Å². The molecule has 24 heavy (non-hydrogen) atoms. The van der Waals surface area contributed by atoms with Crippen LogP contribution in [0.2, 0.25) is 0 Å². The first-order valence-corrected chi connectivity index (χ1v) is 8.90. The molecule has 2 aliphatic heterocycles. The minimum atomic E-state index is 0.169. The maximum absolute atomic E-state index is 12.5. The lowest BCUT2D eigenvalue weighted by Crippen LogP contribution is -2.37. The van der Waals surface area contributed by atoms with Gasteiger partial charge in [-0.1, -0.05) is 12.1 Å². The molecule has 132 valence electrons. The van der Waals surface area contributed by atoms with Gasteiger partial charge in [0.05, 0.1) is 13.7 Å². The lowest BCUT2D eigenvalue weighted by Gasteiger charge is -2.26. The van der Waals surface area contributed by atoms with E-state index >= 15 is 0 Å². The number of methoxy groups -OCH3 is 1. The van der Waals surface area contributed by atoms with Gasteiger partial charge in [0.25, 0.3) is 0 Å². The summed E-state index contributed by atoms with van der Waals surface area (Å²) in [6, 6.07) is 7.71. The Labute approximate surface area is 143 Å². The summed E-state index contributed by atoms with van der Waals surface area (Å²) >= 11 is 0. The standard InChI is InChI=1S/C19H27NO4/c1-22-17-4-2-3-5-18(17)24-13-7-15-6-10-20(14-15)19(21)16-8-11-23-12-9-16/h2-5,15-16H,6-14H2,1H3. The summed E-state index contributed by atoms with van der Waals surface area (Å²) in [6.45, 7) is 3.85. The Bertz CT molecular complexity index is 542. The zero-order chi connectivity index (χ0) is 16.8. The zero-order valence-corrected chi connectivity index (χ0v) is 14.4. The molecular weight excluding hydrogens is 306 g/mol. The van der Waals surface area contributed by atoms with Crippen molar-refractivity contribution >= 4 is 5.91 Å². The Balaban J connectivity index is 1.42. The predicted octanol–water partition coefficient (Wildman–Crippen LogP) is 2.74. The SMILES string of the molecule is COc1ccccc1OCCC1CCN(C(=O)C2CCOCC2)C1. The van der Waals surface area contributed by atoms with Crippen molar-refractivity contribution in [2.75, 3.05) is 40.0 Å². The van der Waals surface area contributed by atoms with E-state index in [4.69, 9.17) is 14.2 Å².